The van der Waals surface area contributed by atoms with Crippen molar-refractivity contribution in [3.63, 3.8) is 0 Å². The third-order valence-corrected chi connectivity index (χ3v) is 7.31. The van der Waals surface area contributed by atoms with Crippen molar-refractivity contribution in [2.24, 2.45) is 17.3 Å². The van der Waals surface area contributed by atoms with Gasteiger partial charge in [-0.15, -0.1) is 0 Å². The molecule has 4 aliphatic carbocycles. The van der Waals surface area contributed by atoms with Crippen molar-refractivity contribution in [1.29, 1.82) is 0 Å². The molecule has 4 rings (SSSR count). The average Bonchev–Trinajstić information content (AvgIpc) is 3.44. The Morgan fingerprint density at radius 2 is 0.567 bits per heavy atom. The zero-order valence-electron chi connectivity index (χ0n) is 21.1. The second-order valence-corrected chi connectivity index (χ2v) is 9.32. The van der Waals surface area contributed by atoms with Gasteiger partial charge in [-0.25, -0.2) is 0 Å². The molecule has 30 heavy (non-hydrogen) atoms. The first-order valence-corrected chi connectivity index (χ1v) is 11.2. The van der Waals surface area contributed by atoms with Gasteiger partial charge in [-0.2, -0.15) is 0 Å². The molecule has 4 fully saturated rings. The van der Waals surface area contributed by atoms with E-state index in [1.165, 1.54) is 116 Å². The number of rotatable bonds is 2. The van der Waals surface area contributed by atoms with E-state index in [1.807, 2.05) is 0 Å². The molecule has 4 saturated carbocycles. The maximum absolute atomic E-state index is 2.54. The molecule has 0 unspecified atom stereocenters. The number of hydrogen-bond acceptors (Lipinski definition) is 0. The van der Waals surface area contributed by atoms with Crippen LogP contribution in [0.1, 0.15) is 137 Å². The molecule has 4 aliphatic rings. The van der Waals surface area contributed by atoms with Crippen LogP contribution < -0.4 is 0 Å². The van der Waals surface area contributed by atoms with Gasteiger partial charge in [0.25, 0.3) is 0 Å². The Morgan fingerprint density at radius 1 is 0.400 bits per heavy atom. The smallest absolute Gasteiger partial charge is 0.358 e. The van der Waals surface area contributed by atoms with E-state index >= 15 is 0 Å². The zero-order chi connectivity index (χ0) is 16.4. The first kappa shape index (κ1) is 44.7. The number of hydrogen-bond donors (Lipinski definition) is 0. The van der Waals surface area contributed by atoms with Gasteiger partial charge in [0, 0.05) is 0 Å². The first-order valence-electron chi connectivity index (χ1n) is 11.2. The predicted octanol–water partition coefficient (Wildman–Crippen LogP) is 10.7. The molecular weight excluding hydrogens is 448 g/mol. The van der Waals surface area contributed by atoms with Crippen LogP contribution in [0.4, 0.5) is 0 Å². The Morgan fingerprint density at radius 3 is 0.733 bits per heavy atom. The molecule has 0 bridgehead atoms. The second-order valence-electron chi connectivity index (χ2n) is 9.32. The zero-order valence-corrected chi connectivity index (χ0v) is 23.3. The van der Waals surface area contributed by atoms with Gasteiger partial charge in [0.15, 0.2) is 0 Å². The van der Waals surface area contributed by atoms with Crippen molar-refractivity contribution in [3.05, 3.63) is 29.7 Å². The molecule has 0 aromatic heterocycles. The molecular formula is C28H60Fe2. The largest absolute Gasteiger partial charge is 2.00 e. The van der Waals surface area contributed by atoms with Crippen LogP contribution in [0.3, 0.4) is 0 Å². The quantitative estimate of drug-likeness (QED) is 0.257. The fourth-order valence-corrected chi connectivity index (χ4v) is 5.44. The third-order valence-electron chi connectivity index (χ3n) is 7.31. The Bertz CT molecular complexity index is 238. The average molecular weight is 508 g/mol. The van der Waals surface area contributed by atoms with Gasteiger partial charge in [0.2, 0.25) is 0 Å². The van der Waals surface area contributed by atoms with E-state index in [0.717, 1.165) is 11.8 Å². The van der Waals surface area contributed by atoms with Crippen molar-refractivity contribution >= 4 is 0 Å². The summed E-state index contributed by atoms with van der Waals surface area (Å²) in [6, 6.07) is 0. The fourth-order valence-electron chi connectivity index (χ4n) is 5.44. The van der Waals surface area contributed by atoms with Crippen molar-refractivity contribution in [1.82, 2.24) is 0 Å². The molecule has 2 heteroatoms. The van der Waals surface area contributed by atoms with Crippen LogP contribution in [0.5, 0.6) is 0 Å². The summed E-state index contributed by atoms with van der Waals surface area (Å²) < 4.78 is 0. The van der Waals surface area contributed by atoms with E-state index in [-0.39, 0.29) is 71.3 Å². The Hall–Kier alpha value is 1.04. The molecule has 0 atom stereocenters. The SMILES string of the molecule is C.C1CCCC1.C1CCCC1.CC(C)(C1CCCC1)C1CCCC1.[CH3-].[CH3-].[CH3-].[CH3-].[Fe+2].[Fe+2]. The van der Waals surface area contributed by atoms with Crippen LogP contribution in [-0.4, -0.2) is 0 Å². The van der Waals surface area contributed by atoms with E-state index in [2.05, 4.69) is 13.8 Å². The van der Waals surface area contributed by atoms with E-state index in [0.29, 0.717) is 5.41 Å². The molecule has 0 N–H and O–H groups in total. The Kier molecular flexibility index (Phi) is 39.2. The summed E-state index contributed by atoms with van der Waals surface area (Å²) in [5.74, 6) is 2.10. The molecule has 0 nitrogen and oxygen atoms in total. The maximum Gasteiger partial charge on any atom is 2.00 e. The second kappa shape index (κ2) is 26.3. The third kappa shape index (κ3) is 16.6. The van der Waals surface area contributed by atoms with Crippen LogP contribution in [0.15, 0.2) is 0 Å². The minimum Gasteiger partial charge on any atom is -0.358 e. The summed E-state index contributed by atoms with van der Waals surface area (Å²) in [5.41, 5.74) is 0.660. The monoisotopic (exact) mass is 508 g/mol. The van der Waals surface area contributed by atoms with E-state index < -0.39 is 0 Å². The van der Waals surface area contributed by atoms with Gasteiger partial charge in [0.05, 0.1) is 0 Å². The molecule has 0 aromatic rings. The van der Waals surface area contributed by atoms with Gasteiger partial charge in [-0.05, 0) is 42.9 Å². The van der Waals surface area contributed by atoms with Gasteiger partial charge in [0.1, 0.15) is 0 Å². The maximum atomic E-state index is 2.54. The van der Waals surface area contributed by atoms with Crippen LogP contribution >= 0.6 is 0 Å². The Balaban J connectivity index is -0.0000000734. The fraction of sp³-hybridized carbons (Fsp3) is 0.857. The molecule has 0 radical (unpaired) electrons. The molecule has 0 aliphatic heterocycles. The topological polar surface area (TPSA) is 0 Å². The summed E-state index contributed by atoms with van der Waals surface area (Å²) in [7, 11) is 0. The van der Waals surface area contributed by atoms with Crippen molar-refractivity contribution in [3.8, 4) is 0 Å². The summed E-state index contributed by atoms with van der Waals surface area (Å²) >= 11 is 0. The van der Waals surface area contributed by atoms with Crippen molar-refractivity contribution in [2.45, 2.75) is 137 Å². The minimum atomic E-state index is 0. The van der Waals surface area contributed by atoms with Crippen LogP contribution in [0, 0.1) is 47.0 Å². The van der Waals surface area contributed by atoms with Gasteiger partial charge in [-0.3, -0.25) is 0 Å². The first-order chi connectivity index (χ1) is 11.2. The standard InChI is InChI=1S/C13H24.2C5H10.CH4.4CH3.2Fe/c1-13(2,11-7-3-4-8-11)12-9-5-6-10-12;2*1-2-4-5-3-1;;;;;;;/h11-12H,3-10H2,1-2H3;2*1-5H2;1H4;4*1H3;;/q;;;;4*-1;2*+2. The van der Waals surface area contributed by atoms with Crippen LogP contribution in [-0.2, 0) is 34.1 Å². The molecule has 0 saturated heterocycles. The molecule has 0 heterocycles. The molecule has 0 spiro atoms. The van der Waals surface area contributed by atoms with Crippen molar-refractivity contribution < 1.29 is 34.1 Å². The summed E-state index contributed by atoms with van der Waals surface area (Å²) in [4.78, 5) is 0. The molecule has 0 amide bonds. The molecule has 0 aromatic carbocycles. The van der Waals surface area contributed by atoms with E-state index in [9.17, 15) is 0 Å². The Labute approximate surface area is 217 Å². The van der Waals surface area contributed by atoms with Gasteiger partial charge >= 0.3 is 34.1 Å². The molecule has 188 valence electrons. The van der Waals surface area contributed by atoms with E-state index in [1.54, 1.807) is 0 Å². The van der Waals surface area contributed by atoms with Gasteiger partial charge in [-0.1, -0.05) is 111 Å². The minimum absolute atomic E-state index is 0. The van der Waals surface area contributed by atoms with E-state index in [4.69, 9.17) is 0 Å². The normalized spacial score (nSPS) is 19.8. The van der Waals surface area contributed by atoms with Gasteiger partial charge < -0.3 is 29.7 Å². The van der Waals surface area contributed by atoms with Crippen LogP contribution in [0.2, 0.25) is 0 Å². The summed E-state index contributed by atoms with van der Waals surface area (Å²) in [5, 5.41) is 0. The summed E-state index contributed by atoms with van der Waals surface area (Å²) in [6.45, 7) is 5.08. The summed E-state index contributed by atoms with van der Waals surface area (Å²) in [6.07, 6.45) is 27.1. The van der Waals surface area contributed by atoms with Crippen LogP contribution in [0.25, 0.3) is 0 Å². The predicted molar refractivity (Wildman–Crippen MR) is 136 cm³/mol. The van der Waals surface area contributed by atoms with Crippen molar-refractivity contribution in [2.75, 3.05) is 0 Å².